The topological polar surface area (TPSA) is 0 Å². The van der Waals surface area contributed by atoms with Crippen LogP contribution in [-0.4, -0.2) is 16.1 Å². The van der Waals surface area contributed by atoms with Crippen LogP contribution >= 0.6 is 23.5 Å². The number of hydrogen-bond acceptors (Lipinski definition) is 2. The molecule has 0 saturated heterocycles. The van der Waals surface area contributed by atoms with Gasteiger partial charge in [-0.1, -0.05) is 252 Å². The van der Waals surface area contributed by atoms with Crippen LogP contribution in [0.5, 0.6) is 0 Å². The lowest BCUT2D eigenvalue weighted by molar-refractivity contribution is 0.659. The summed E-state index contributed by atoms with van der Waals surface area (Å²) in [6.07, 6.45) is 0. The summed E-state index contributed by atoms with van der Waals surface area (Å²) in [5, 5.41) is 8.91. The molecule has 2 aliphatic heterocycles. The maximum absolute atomic E-state index is 2.86. The van der Waals surface area contributed by atoms with Crippen molar-refractivity contribution in [2.45, 2.75) is 71.2 Å². The van der Waals surface area contributed by atoms with Gasteiger partial charge in [0.25, 0.3) is 0 Å². The summed E-state index contributed by atoms with van der Waals surface area (Å²) in [7, 11) is -4.94. The van der Waals surface area contributed by atoms with Crippen molar-refractivity contribution < 1.29 is 0 Å². The maximum Gasteiger partial charge on any atom is 0.181 e. The van der Waals surface area contributed by atoms with Gasteiger partial charge in [-0.05, 0) is 104 Å². The van der Waals surface area contributed by atoms with Gasteiger partial charge in [0.15, 0.2) is 8.07 Å². The monoisotopic (exact) mass is 914 g/mol. The average Bonchev–Trinajstić information content (AvgIpc) is 3.73. The fourth-order valence-electron chi connectivity index (χ4n) is 12.6. The van der Waals surface area contributed by atoms with E-state index in [0.29, 0.717) is 0 Å². The second-order valence-electron chi connectivity index (χ2n) is 20.3. The third-order valence-corrected chi connectivity index (χ3v) is 27.5. The average molecular weight is 915 g/mol. The van der Waals surface area contributed by atoms with Crippen molar-refractivity contribution in [2.24, 2.45) is 0 Å². The van der Waals surface area contributed by atoms with E-state index in [9.17, 15) is 0 Å². The highest BCUT2D eigenvalue weighted by Gasteiger charge is 2.50. The Bertz CT molecular complexity index is 3470. The molecular weight excluding hydrogens is 865 g/mol. The van der Waals surface area contributed by atoms with Gasteiger partial charge in [0.05, 0.1) is 0 Å². The summed E-state index contributed by atoms with van der Waals surface area (Å²) in [4.78, 5) is 5.73. The van der Waals surface area contributed by atoms with Crippen LogP contribution in [0.25, 0.3) is 44.5 Å². The molecule has 2 heterocycles. The van der Waals surface area contributed by atoms with Crippen LogP contribution in [0.15, 0.2) is 214 Å². The van der Waals surface area contributed by atoms with Gasteiger partial charge in [-0.15, -0.1) is 0 Å². The van der Waals surface area contributed by atoms with Gasteiger partial charge < -0.3 is 0 Å². The van der Waals surface area contributed by atoms with E-state index in [-0.39, 0.29) is 10.8 Å². The normalized spacial score (nSPS) is 16.7. The molecule has 4 aliphatic rings. The Labute approximate surface area is 400 Å². The van der Waals surface area contributed by atoms with Crippen molar-refractivity contribution in [1.29, 1.82) is 0 Å². The standard InChI is InChI=1S/C62H50S2Si2/c1-61(2)47-30-15-13-26-45(47)55-49(61)34-36-52-59(55)63-57-43(28-18-32-51(57)65(52,5)6)39-20-17-21-40(38-39)44-29-19-33-53-58(44)64-60-54(37-35-50-56(60)46-27-14-16-31-48(46)62(50,3)4)66(53,41-22-9-7-10-23-41)42-24-11-8-12-25-42/h7-38H,1-6H3. The minimum absolute atomic E-state index is 0.0319. The number of fused-ring (bicyclic) bond motifs is 12. The second kappa shape index (κ2) is 14.3. The van der Waals surface area contributed by atoms with E-state index in [4.69, 9.17) is 0 Å². The van der Waals surface area contributed by atoms with E-state index in [1.807, 2.05) is 23.5 Å². The first-order valence-corrected chi connectivity index (χ1v) is 30.1. The van der Waals surface area contributed by atoms with Crippen molar-refractivity contribution in [2.75, 3.05) is 0 Å². The molecule has 0 N–H and O–H groups in total. The summed E-state index contributed by atoms with van der Waals surface area (Å²) in [5.74, 6) is 0. The van der Waals surface area contributed by atoms with Gasteiger partial charge in [0, 0.05) is 30.4 Å². The third kappa shape index (κ3) is 5.36. The molecule has 9 aromatic rings. The van der Waals surface area contributed by atoms with Gasteiger partial charge in [-0.25, -0.2) is 0 Å². The smallest absolute Gasteiger partial charge is 0.0890 e. The minimum atomic E-state index is -2.86. The zero-order valence-electron chi connectivity index (χ0n) is 38.3. The highest BCUT2D eigenvalue weighted by Crippen LogP contribution is 2.56. The summed E-state index contributed by atoms with van der Waals surface area (Å²) in [6.45, 7) is 14.8. The van der Waals surface area contributed by atoms with Crippen molar-refractivity contribution in [3.63, 3.8) is 0 Å². The van der Waals surface area contributed by atoms with E-state index in [0.717, 1.165) is 0 Å². The molecule has 13 rings (SSSR count). The molecule has 0 unspecified atom stereocenters. The molecular formula is C62H50S2Si2. The van der Waals surface area contributed by atoms with Gasteiger partial charge in [0.2, 0.25) is 0 Å². The van der Waals surface area contributed by atoms with Gasteiger partial charge in [-0.2, -0.15) is 0 Å². The minimum Gasteiger partial charge on any atom is -0.0890 e. The highest BCUT2D eigenvalue weighted by molar-refractivity contribution is 8.00. The van der Waals surface area contributed by atoms with Crippen LogP contribution in [-0.2, 0) is 10.8 Å². The predicted octanol–water partition coefficient (Wildman–Crippen LogP) is 12.8. The number of rotatable bonds is 4. The predicted molar refractivity (Wildman–Crippen MR) is 287 cm³/mol. The van der Waals surface area contributed by atoms with E-state index in [1.54, 1.807) is 5.19 Å². The summed E-state index contributed by atoms with van der Waals surface area (Å²) in [6, 6.07) is 75.2. The number of hydrogen-bond donors (Lipinski definition) is 0. The molecule has 2 aliphatic carbocycles. The SMILES string of the molecule is CC1(C)c2ccccc2-c2c1ccc1c2Sc2c(-c3cccc(-c4cccc5c4Sc4c(ccc6c4-c4ccccc4C6(C)C)[Si]5(c4ccccc4)c4ccccc4)c3)cccc2[Si]1(C)C. The van der Waals surface area contributed by atoms with E-state index in [2.05, 4.69) is 235 Å². The van der Waals surface area contributed by atoms with Gasteiger partial charge >= 0.3 is 0 Å². The van der Waals surface area contributed by atoms with Crippen LogP contribution in [0.2, 0.25) is 13.1 Å². The van der Waals surface area contributed by atoms with Crippen molar-refractivity contribution in [3.8, 4) is 44.5 Å². The van der Waals surface area contributed by atoms with E-state index < -0.39 is 16.1 Å². The first-order chi connectivity index (χ1) is 32.0. The van der Waals surface area contributed by atoms with Crippen LogP contribution in [0.3, 0.4) is 0 Å². The zero-order valence-corrected chi connectivity index (χ0v) is 41.9. The first kappa shape index (κ1) is 40.4. The quantitative estimate of drug-likeness (QED) is 0.161. The molecule has 66 heavy (non-hydrogen) atoms. The van der Waals surface area contributed by atoms with Crippen LogP contribution < -0.4 is 31.1 Å². The fourth-order valence-corrected chi connectivity index (χ4v) is 25.6. The molecule has 0 bridgehead atoms. The largest absolute Gasteiger partial charge is 0.181 e. The molecule has 9 aromatic carbocycles. The molecule has 0 spiro atoms. The zero-order chi connectivity index (χ0) is 44.7. The Kier molecular flexibility index (Phi) is 8.76. The highest BCUT2D eigenvalue weighted by atomic mass is 32.2. The Morgan fingerprint density at radius 2 is 0.727 bits per heavy atom. The Morgan fingerprint density at radius 1 is 0.333 bits per heavy atom. The molecule has 4 heteroatoms. The van der Waals surface area contributed by atoms with E-state index in [1.165, 1.54) is 112 Å². The number of benzene rings is 9. The summed E-state index contributed by atoms with van der Waals surface area (Å²) >= 11 is 4.05. The lowest BCUT2D eigenvalue weighted by atomic mass is 9.82. The van der Waals surface area contributed by atoms with E-state index >= 15 is 0 Å². The molecule has 0 atom stereocenters. The molecule has 0 saturated carbocycles. The molecule has 0 amide bonds. The fraction of sp³-hybridized carbons (Fsp3) is 0.129. The lowest BCUT2D eigenvalue weighted by Gasteiger charge is -2.41. The molecule has 318 valence electrons. The van der Waals surface area contributed by atoms with Gasteiger partial charge in [0.1, 0.15) is 8.07 Å². The molecule has 0 nitrogen and oxygen atoms in total. The first-order valence-electron chi connectivity index (χ1n) is 23.4. The van der Waals surface area contributed by atoms with Crippen LogP contribution in [0.1, 0.15) is 49.9 Å². The van der Waals surface area contributed by atoms with Gasteiger partial charge in [-0.3, -0.25) is 0 Å². The Balaban J connectivity index is 1.02. The Hall–Kier alpha value is -5.89. The summed E-state index contributed by atoms with van der Waals surface area (Å²) in [5.41, 5.74) is 16.5. The molecule has 0 aromatic heterocycles. The lowest BCUT2D eigenvalue weighted by Crippen LogP contribution is -2.76. The van der Waals surface area contributed by atoms with Crippen LogP contribution in [0.4, 0.5) is 0 Å². The summed E-state index contributed by atoms with van der Waals surface area (Å²) < 4.78 is 0. The third-order valence-electron chi connectivity index (χ3n) is 15.9. The molecule has 0 radical (unpaired) electrons. The molecule has 0 fully saturated rings. The van der Waals surface area contributed by atoms with Crippen LogP contribution in [0, 0.1) is 0 Å². The Morgan fingerprint density at radius 3 is 1.27 bits per heavy atom. The van der Waals surface area contributed by atoms with Crippen molar-refractivity contribution in [1.82, 2.24) is 0 Å². The second-order valence-corrected chi connectivity index (χ2v) is 30.4. The maximum atomic E-state index is 2.57. The van der Waals surface area contributed by atoms with Crippen molar-refractivity contribution >= 4 is 70.8 Å². The van der Waals surface area contributed by atoms with Crippen molar-refractivity contribution in [3.05, 3.63) is 216 Å².